The molecule has 2 heterocycles. The molecule has 0 spiro atoms. The van der Waals surface area contributed by atoms with E-state index >= 15 is 0 Å². The van der Waals surface area contributed by atoms with E-state index in [-0.39, 0.29) is 5.56 Å². The molecule has 58 valence electrons. The Hall–Kier alpha value is -1.12. The lowest BCUT2D eigenvalue weighted by Gasteiger charge is -2.00. The van der Waals surface area contributed by atoms with Gasteiger partial charge in [-0.1, -0.05) is 0 Å². The van der Waals surface area contributed by atoms with E-state index in [1.807, 2.05) is 0 Å². The quantitative estimate of drug-likeness (QED) is 0.539. The largest absolute Gasteiger partial charge is 0.296 e. The van der Waals surface area contributed by atoms with Crippen LogP contribution in [0.2, 0.25) is 0 Å². The monoisotopic (exact) mass is 150 g/mol. The van der Waals surface area contributed by atoms with Crippen molar-refractivity contribution in [3.8, 4) is 0 Å². The van der Waals surface area contributed by atoms with Gasteiger partial charge in [0.15, 0.2) is 0 Å². The van der Waals surface area contributed by atoms with Crippen molar-refractivity contribution in [1.82, 2.24) is 9.55 Å². The summed E-state index contributed by atoms with van der Waals surface area (Å²) in [6.07, 6.45) is 3.68. The van der Waals surface area contributed by atoms with Crippen LogP contribution < -0.4 is 5.56 Å². The first kappa shape index (κ1) is 6.58. The van der Waals surface area contributed by atoms with E-state index in [1.165, 1.54) is 0 Å². The summed E-state index contributed by atoms with van der Waals surface area (Å²) in [5.41, 5.74) is 0.878. The Morgan fingerprint density at radius 1 is 1.64 bits per heavy atom. The third-order valence-corrected chi connectivity index (χ3v) is 2.08. The van der Waals surface area contributed by atoms with Gasteiger partial charge >= 0.3 is 0 Å². The van der Waals surface area contributed by atoms with Crippen LogP contribution in [-0.4, -0.2) is 9.55 Å². The summed E-state index contributed by atoms with van der Waals surface area (Å²) in [5, 5.41) is 0. The smallest absolute Gasteiger partial charge is 0.256 e. The fraction of sp³-hybridized carbons (Fsp3) is 0.500. The van der Waals surface area contributed by atoms with Crippen LogP contribution >= 0.6 is 0 Å². The molecule has 0 saturated heterocycles. The molecule has 3 heteroatoms. The zero-order valence-electron chi connectivity index (χ0n) is 6.50. The predicted molar refractivity (Wildman–Crippen MR) is 41.6 cm³/mol. The van der Waals surface area contributed by atoms with E-state index in [0.717, 1.165) is 30.8 Å². The van der Waals surface area contributed by atoms with E-state index < -0.39 is 0 Å². The van der Waals surface area contributed by atoms with E-state index in [2.05, 4.69) is 4.98 Å². The van der Waals surface area contributed by atoms with Crippen LogP contribution in [-0.2, 0) is 13.0 Å². The highest BCUT2D eigenvalue weighted by atomic mass is 16.1. The SMILES string of the molecule is Cc1cnc2n(c1=O)CCC2. The topological polar surface area (TPSA) is 34.9 Å². The van der Waals surface area contributed by atoms with Crippen molar-refractivity contribution in [1.29, 1.82) is 0 Å². The molecule has 0 fully saturated rings. The Labute approximate surface area is 64.7 Å². The first-order valence-corrected chi connectivity index (χ1v) is 3.84. The Morgan fingerprint density at radius 2 is 2.45 bits per heavy atom. The zero-order chi connectivity index (χ0) is 7.84. The molecular formula is C8H10N2O. The third-order valence-electron chi connectivity index (χ3n) is 2.08. The molecular weight excluding hydrogens is 140 g/mol. The summed E-state index contributed by atoms with van der Waals surface area (Å²) in [6.45, 7) is 2.66. The molecule has 0 aromatic carbocycles. The standard InChI is InChI=1S/C8H10N2O/c1-6-5-9-7-3-2-4-10(7)8(6)11/h5H,2-4H2,1H3. The van der Waals surface area contributed by atoms with Crippen LogP contribution in [0.15, 0.2) is 11.0 Å². The third kappa shape index (κ3) is 0.878. The number of fused-ring (bicyclic) bond motifs is 1. The first-order valence-electron chi connectivity index (χ1n) is 3.84. The molecule has 11 heavy (non-hydrogen) atoms. The lowest BCUT2D eigenvalue weighted by atomic mass is 10.3. The number of hydrogen-bond acceptors (Lipinski definition) is 2. The minimum absolute atomic E-state index is 0.132. The molecule has 1 aromatic heterocycles. The second-order valence-corrected chi connectivity index (χ2v) is 2.92. The second kappa shape index (κ2) is 2.19. The van der Waals surface area contributed by atoms with Gasteiger partial charge in [-0.2, -0.15) is 0 Å². The Kier molecular flexibility index (Phi) is 1.31. The summed E-state index contributed by atoms with van der Waals surface area (Å²) < 4.78 is 1.77. The second-order valence-electron chi connectivity index (χ2n) is 2.92. The predicted octanol–water partition coefficient (Wildman–Crippen LogP) is 0.498. The highest BCUT2D eigenvalue weighted by molar-refractivity contribution is 5.07. The Balaban J connectivity index is 2.72. The molecule has 0 saturated carbocycles. The van der Waals surface area contributed by atoms with Crippen molar-refractivity contribution in [3.05, 3.63) is 27.9 Å². The highest BCUT2D eigenvalue weighted by Gasteiger charge is 2.12. The number of aryl methyl sites for hydroxylation is 2. The molecule has 1 aliphatic rings. The number of hydrogen-bond donors (Lipinski definition) is 0. The molecule has 0 unspecified atom stereocenters. The molecule has 0 bridgehead atoms. The summed E-state index contributed by atoms with van der Waals surface area (Å²) in [6, 6.07) is 0. The maximum Gasteiger partial charge on any atom is 0.256 e. The van der Waals surface area contributed by atoms with Gasteiger partial charge in [-0.15, -0.1) is 0 Å². The molecule has 0 atom stereocenters. The van der Waals surface area contributed by atoms with Crippen molar-refractivity contribution in [2.75, 3.05) is 0 Å². The van der Waals surface area contributed by atoms with E-state index in [1.54, 1.807) is 17.7 Å². The van der Waals surface area contributed by atoms with Gasteiger partial charge in [-0.25, -0.2) is 4.98 Å². The first-order chi connectivity index (χ1) is 5.29. The van der Waals surface area contributed by atoms with Gasteiger partial charge < -0.3 is 0 Å². The van der Waals surface area contributed by atoms with E-state index in [0.29, 0.717) is 0 Å². The van der Waals surface area contributed by atoms with Crippen LogP contribution in [0.25, 0.3) is 0 Å². The number of rotatable bonds is 0. The van der Waals surface area contributed by atoms with Crippen LogP contribution in [0, 0.1) is 6.92 Å². The average Bonchev–Trinajstić information content (AvgIpc) is 2.45. The molecule has 0 aliphatic carbocycles. The van der Waals surface area contributed by atoms with Gasteiger partial charge in [-0.05, 0) is 13.3 Å². The maximum absolute atomic E-state index is 11.4. The van der Waals surface area contributed by atoms with Crippen molar-refractivity contribution in [3.63, 3.8) is 0 Å². The van der Waals surface area contributed by atoms with Crippen molar-refractivity contribution in [2.45, 2.75) is 26.3 Å². The Morgan fingerprint density at radius 3 is 3.27 bits per heavy atom. The minimum atomic E-state index is 0.132. The highest BCUT2D eigenvalue weighted by Crippen LogP contribution is 2.07. The molecule has 1 aliphatic heterocycles. The lowest BCUT2D eigenvalue weighted by Crippen LogP contribution is -2.22. The number of nitrogens with zero attached hydrogens (tertiary/aromatic N) is 2. The van der Waals surface area contributed by atoms with Crippen molar-refractivity contribution >= 4 is 0 Å². The fourth-order valence-electron chi connectivity index (χ4n) is 1.45. The average molecular weight is 150 g/mol. The van der Waals surface area contributed by atoms with Gasteiger partial charge in [0.05, 0.1) is 0 Å². The molecule has 3 nitrogen and oxygen atoms in total. The van der Waals surface area contributed by atoms with E-state index in [4.69, 9.17) is 0 Å². The fourth-order valence-corrected chi connectivity index (χ4v) is 1.45. The van der Waals surface area contributed by atoms with Gasteiger partial charge in [-0.3, -0.25) is 9.36 Å². The molecule has 0 amide bonds. The summed E-state index contributed by atoms with van der Waals surface area (Å²) >= 11 is 0. The van der Waals surface area contributed by atoms with Gasteiger partial charge in [0.2, 0.25) is 0 Å². The van der Waals surface area contributed by atoms with Crippen LogP contribution in [0.4, 0.5) is 0 Å². The maximum atomic E-state index is 11.4. The van der Waals surface area contributed by atoms with Gasteiger partial charge in [0, 0.05) is 24.7 Å². The van der Waals surface area contributed by atoms with Gasteiger partial charge in [0.1, 0.15) is 5.82 Å². The van der Waals surface area contributed by atoms with E-state index in [9.17, 15) is 4.79 Å². The van der Waals surface area contributed by atoms with Crippen LogP contribution in [0.1, 0.15) is 17.8 Å². The Bertz CT molecular complexity index is 340. The molecule has 1 aromatic rings. The summed E-state index contributed by atoms with van der Waals surface area (Å²) in [4.78, 5) is 15.6. The lowest BCUT2D eigenvalue weighted by molar-refractivity contribution is 0.705. The normalized spacial score (nSPS) is 15.0. The van der Waals surface area contributed by atoms with Crippen molar-refractivity contribution in [2.24, 2.45) is 0 Å². The van der Waals surface area contributed by atoms with Crippen molar-refractivity contribution < 1.29 is 0 Å². The number of aromatic nitrogens is 2. The minimum Gasteiger partial charge on any atom is -0.296 e. The van der Waals surface area contributed by atoms with Gasteiger partial charge in [0.25, 0.3) is 5.56 Å². The van der Waals surface area contributed by atoms with Crippen LogP contribution in [0.3, 0.4) is 0 Å². The molecule has 2 rings (SSSR count). The summed E-state index contributed by atoms with van der Waals surface area (Å²) in [5.74, 6) is 0.945. The van der Waals surface area contributed by atoms with Crippen LogP contribution in [0.5, 0.6) is 0 Å². The molecule has 0 N–H and O–H groups in total. The zero-order valence-corrected chi connectivity index (χ0v) is 6.50. The summed E-state index contributed by atoms with van der Waals surface area (Å²) in [7, 11) is 0. The molecule has 0 radical (unpaired) electrons.